The Morgan fingerprint density at radius 2 is 0.958 bits per heavy atom. The van der Waals surface area contributed by atoms with E-state index in [0.717, 1.165) is 59.0 Å². The van der Waals surface area contributed by atoms with Gasteiger partial charge in [-0.3, -0.25) is 0 Å². The van der Waals surface area contributed by atoms with Crippen LogP contribution in [-0.2, 0) is 0 Å². The lowest BCUT2D eigenvalue weighted by Crippen LogP contribution is -2.30. The van der Waals surface area contributed by atoms with Crippen molar-refractivity contribution in [1.29, 1.82) is 0 Å². The predicted molar refractivity (Wildman–Crippen MR) is 203 cm³/mol. The van der Waals surface area contributed by atoms with Crippen LogP contribution in [-0.4, -0.2) is 26.3 Å². The van der Waals surface area contributed by atoms with E-state index in [0.29, 0.717) is 5.46 Å². The fraction of sp³-hybridized carbons (Fsp3) is 0. The van der Waals surface area contributed by atoms with E-state index < -0.39 is 7.12 Å². The van der Waals surface area contributed by atoms with Crippen LogP contribution in [0.4, 0.5) is 0 Å². The van der Waals surface area contributed by atoms with Crippen LogP contribution in [0.3, 0.4) is 0 Å². The van der Waals surface area contributed by atoms with Gasteiger partial charge in [-0.05, 0) is 65.7 Å². The maximum atomic E-state index is 10.6. The Balaban J connectivity index is 1.31. The molecule has 0 unspecified atom stereocenters. The molecular formula is C42H27BN2O2S. The monoisotopic (exact) mass is 634 g/mol. The van der Waals surface area contributed by atoms with Crippen LogP contribution in [0.1, 0.15) is 0 Å². The molecule has 0 atom stereocenters. The van der Waals surface area contributed by atoms with Crippen molar-refractivity contribution in [3.05, 3.63) is 152 Å². The summed E-state index contributed by atoms with van der Waals surface area (Å²) in [5.41, 5.74) is 9.36. The van der Waals surface area contributed by atoms with Crippen LogP contribution in [0.25, 0.3) is 86.3 Å². The van der Waals surface area contributed by atoms with Gasteiger partial charge in [0.15, 0.2) is 0 Å². The van der Waals surface area contributed by atoms with Crippen LogP contribution in [0, 0.1) is 0 Å². The number of benzene rings is 7. The normalized spacial score (nSPS) is 12.0. The second-order valence-corrected chi connectivity index (χ2v) is 13.4. The summed E-state index contributed by atoms with van der Waals surface area (Å²) in [6.45, 7) is 0. The minimum Gasteiger partial charge on any atom is -0.423 e. The van der Waals surface area contributed by atoms with Gasteiger partial charge >= 0.3 is 7.12 Å². The molecule has 7 aromatic carbocycles. The van der Waals surface area contributed by atoms with Crippen molar-refractivity contribution < 1.29 is 10.0 Å². The highest BCUT2D eigenvalue weighted by Gasteiger charge is 2.23. The summed E-state index contributed by atoms with van der Waals surface area (Å²) in [5, 5.41) is 28.1. The summed E-state index contributed by atoms with van der Waals surface area (Å²) < 4.78 is 6.66. The van der Waals surface area contributed by atoms with E-state index in [4.69, 9.17) is 0 Å². The van der Waals surface area contributed by atoms with E-state index >= 15 is 0 Å². The Kier molecular flexibility index (Phi) is 5.96. The second kappa shape index (κ2) is 10.4. The first kappa shape index (κ1) is 27.5. The lowest BCUT2D eigenvalue weighted by Gasteiger charge is -2.12. The van der Waals surface area contributed by atoms with E-state index in [1.807, 2.05) is 18.2 Å². The molecule has 3 heterocycles. The minimum atomic E-state index is -1.59. The molecule has 0 aliphatic heterocycles. The molecule has 10 aromatic rings. The molecule has 4 nitrogen and oxygen atoms in total. The van der Waals surface area contributed by atoms with E-state index in [-0.39, 0.29) is 0 Å². The van der Waals surface area contributed by atoms with Crippen molar-refractivity contribution in [1.82, 2.24) is 9.13 Å². The first-order valence-corrected chi connectivity index (χ1v) is 16.9. The first-order chi connectivity index (χ1) is 23.7. The fourth-order valence-electron chi connectivity index (χ4n) is 7.78. The maximum absolute atomic E-state index is 10.6. The topological polar surface area (TPSA) is 50.3 Å². The average Bonchev–Trinajstić information content (AvgIpc) is 3.79. The average molecular weight is 635 g/mol. The molecule has 10 rings (SSSR count). The molecule has 0 amide bonds. The third kappa shape index (κ3) is 3.85. The smallest absolute Gasteiger partial charge is 0.423 e. The summed E-state index contributed by atoms with van der Waals surface area (Å²) in [7, 11) is -1.59. The van der Waals surface area contributed by atoms with E-state index in [9.17, 15) is 10.0 Å². The molecule has 6 heteroatoms. The van der Waals surface area contributed by atoms with Gasteiger partial charge in [0.1, 0.15) is 0 Å². The molecule has 0 fully saturated rings. The number of hydrogen-bond donors (Lipinski definition) is 2. The van der Waals surface area contributed by atoms with E-state index in [2.05, 4.69) is 143 Å². The van der Waals surface area contributed by atoms with Gasteiger partial charge in [0.25, 0.3) is 0 Å². The van der Waals surface area contributed by atoms with Gasteiger partial charge in [-0.2, -0.15) is 0 Å². The van der Waals surface area contributed by atoms with Crippen LogP contribution >= 0.6 is 11.3 Å². The zero-order valence-corrected chi connectivity index (χ0v) is 26.5. The molecule has 0 bridgehead atoms. The van der Waals surface area contributed by atoms with Gasteiger partial charge in [-0.15, -0.1) is 11.3 Å². The molecule has 2 N–H and O–H groups in total. The van der Waals surface area contributed by atoms with Crippen LogP contribution in [0.2, 0.25) is 0 Å². The highest BCUT2D eigenvalue weighted by molar-refractivity contribution is 7.27. The number of aromatic nitrogens is 2. The third-order valence-electron chi connectivity index (χ3n) is 9.73. The fourth-order valence-corrected chi connectivity index (χ4v) is 8.99. The van der Waals surface area contributed by atoms with Gasteiger partial charge in [0.2, 0.25) is 0 Å². The van der Waals surface area contributed by atoms with Gasteiger partial charge < -0.3 is 19.2 Å². The number of fused-ring (bicyclic) bond motifs is 9. The SMILES string of the molecule is OB(O)c1cc(-n2c3ccccc3c3c(-c4cccc5c4c4ccccc4n5-c4ccccc4)cccc32)cc2c1sc1ccccc12. The number of nitrogens with zero attached hydrogens (tertiary/aromatic N) is 2. The van der Waals surface area contributed by atoms with Gasteiger partial charge in [0.05, 0.1) is 22.1 Å². The molecule has 3 aromatic heterocycles. The summed E-state index contributed by atoms with van der Waals surface area (Å²) in [4.78, 5) is 0. The van der Waals surface area contributed by atoms with E-state index in [1.165, 1.54) is 27.2 Å². The van der Waals surface area contributed by atoms with Crippen LogP contribution in [0.15, 0.2) is 152 Å². The molecule has 0 radical (unpaired) electrons. The quantitative estimate of drug-likeness (QED) is 0.190. The van der Waals surface area contributed by atoms with Crippen molar-refractivity contribution in [3.8, 4) is 22.5 Å². The zero-order chi connectivity index (χ0) is 31.9. The summed E-state index contributed by atoms with van der Waals surface area (Å²) in [5.74, 6) is 0. The van der Waals surface area contributed by atoms with Crippen molar-refractivity contribution in [3.63, 3.8) is 0 Å². The van der Waals surface area contributed by atoms with Crippen molar-refractivity contribution in [2.75, 3.05) is 0 Å². The molecule has 0 saturated heterocycles. The highest BCUT2D eigenvalue weighted by Crippen LogP contribution is 2.44. The minimum absolute atomic E-state index is 0.518. The standard InChI is InChI=1S/C42H27BN2O2S/c46-43(47)34-25-27(24-33-28-14-6-9-23-39(28)48-42(33)34)45-36-20-8-5-16-32(36)41-30(18-11-22-38(41)45)29-17-10-21-37-40(29)31-15-4-7-19-35(31)44(37)26-12-2-1-3-13-26/h1-25,46-47H. The first-order valence-electron chi connectivity index (χ1n) is 16.1. The second-order valence-electron chi connectivity index (χ2n) is 12.3. The molecule has 226 valence electrons. The number of hydrogen-bond acceptors (Lipinski definition) is 3. The van der Waals surface area contributed by atoms with Crippen molar-refractivity contribution in [2.24, 2.45) is 0 Å². The molecule has 0 spiro atoms. The molecular weight excluding hydrogens is 607 g/mol. The predicted octanol–water partition coefficient (Wildman–Crippen LogP) is 9.60. The largest absolute Gasteiger partial charge is 0.489 e. The molecule has 0 aliphatic rings. The summed E-state index contributed by atoms with van der Waals surface area (Å²) in [6, 6.07) is 53.4. The lowest BCUT2D eigenvalue weighted by atomic mass is 9.79. The van der Waals surface area contributed by atoms with Gasteiger partial charge in [-0.1, -0.05) is 97.1 Å². The molecule has 0 saturated carbocycles. The van der Waals surface area contributed by atoms with Crippen molar-refractivity contribution in [2.45, 2.75) is 0 Å². The lowest BCUT2D eigenvalue weighted by molar-refractivity contribution is 0.426. The zero-order valence-electron chi connectivity index (χ0n) is 25.7. The molecule has 0 aliphatic carbocycles. The molecule has 48 heavy (non-hydrogen) atoms. The Morgan fingerprint density at radius 3 is 1.58 bits per heavy atom. The highest BCUT2D eigenvalue weighted by atomic mass is 32.1. The third-order valence-corrected chi connectivity index (χ3v) is 11.0. The maximum Gasteiger partial charge on any atom is 0.489 e. The van der Waals surface area contributed by atoms with Crippen LogP contribution in [0.5, 0.6) is 0 Å². The Hall–Kier alpha value is -5.66. The number of para-hydroxylation sites is 3. The Bertz CT molecular complexity index is 2880. The number of rotatable bonds is 4. The summed E-state index contributed by atoms with van der Waals surface area (Å²) >= 11 is 1.60. The van der Waals surface area contributed by atoms with Crippen LogP contribution < -0.4 is 5.46 Å². The van der Waals surface area contributed by atoms with E-state index in [1.54, 1.807) is 11.3 Å². The Labute approximate surface area is 280 Å². The van der Waals surface area contributed by atoms with Crippen molar-refractivity contribution >= 4 is 87.7 Å². The number of thiophene rings is 1. The van der Waals surface area contributed by atoms with Gasteiger partial charge in [0, 0.05) is 58.6 Å². The van der Waals surface area contributed by atoms with Gasteiger partial charge in [-0.25, -0.2) is 0 Å². The summed E-state index contributed by atoms with van der Waals surface area (Å²) in [6.07, 6.45) is 0. The Morgan fingerprint density at radius 1 is 0.438 bits per heavy atom.